The molecular formula is C12H15F3N4O. The Morgan fingerprint density at radius 3 is 2.60 bits per heavy atom. The predicted octanol–water partition coefficient (Wildman–Crippen LogP) is 1.87. The van der Waals surface area contributed by atoms with Gasteiger partial charge < -0.3 is 16.0 Å². The lowest BCUT2D eigenvalue weighted by atomic mass is 10.1. The third-order valence-electron chi connectivity index (χ3n) is 3.18. The predicted molar refractivity (Wildman–Crippen MR) is 67.1 cm³/mol. The maximum Gasteiger partial charge on any atom is 0.416 e. The fourth-order valence-electron chi connectivity index (χ4n) is 2.30. The van der Waals surface area contributed by atoms with Gasteiger partial charge in [-0.05, 0) is 18.9 Å². The van der Waals surface area contributed by atoms with Crippen LogP contribution in [-0.2, 0) is 12.7 Å². The summed E-state index contributed by atoms with van der Waals surface area (Å²) in [6.07, 6.45) is -1.52. The summed E-state index contributed by atoms with van der Waals surface area (Å²) in [5.74, 6) is 0.270. The molecule has 1 aliphatic rings. The second-order valence-corrected chi connectivity index (χ2v) is 4.57. The highest BCUT2D eigenvalue weighted by molar-refractivity contribution is 5.72. The number of anilines is 1. The number of nitrogens with zero attached hydrogens (tertiary/aromatic N) is 2. The topological polar surface area (TPSA) is 71.2 Å². The van der Waals surface area contributed by atoms with Gasteiger partial charge in [-0.3, -0.25) is 0 Å². The van der Waals surface area contributed by atoms with Gasteiger partial charge in [-0.1, -0.05) is 0 Å². The summed E-state index contributed by atoms with van der Waals surface area (Å²) in [4.78, 5) is 16.6. The van der Waals surface area contributed by atoms with Gasteiger partial charge in [-0.2, -0.15) is 13.2 Å². The molecule has 2 rings (SSSR count). The summed E-state index contributed by atoms with van der Waals surface area (Å²) in [5.41, 5.74) is 4.11. The zero-order valence-electron chi connectivity index (χ0n) is 10.7. The van der Waals surface area contributed by atoms with E-state index in [0.29, 0.717) is 13.1 Å². The summed E-state index contributed by atoms with van der Waals surface area (Å²) >= 11 is 0. The number of hydrogen-bond donors (Lipinski definition) is 2. The van der Waals surface area contributed by atoms with Gasteiger partial charge in [0.05, 0.1) is 5.56 Å². The number of nitrogens with two attached hydrogens (primary N) is 1. The molecule has 2 heterocycles. The highest BCUT2D eigenvalue weighted by Crippen LogP contribution is 2.35. The van der Waals surface area contributed by atoms with Gasteiger partial charge in [0, 0.05) is 31.4 Å². The quantitative estimate of drug-likeness (QED) is 0.892. The maximum atomic E-state index is 13.0. The van der Waals surface area contributed by atoms with Gasteiger partial charge in [0.1, 0.15) is 5.82 Å². The van der Waals surface area contributed by atoms with Crippen molar-refractivity contribution in [2.75, 3.05) is 18.0 Å². The number of alkyl halides is 3. The fourth-order valence-corrected chi connectivity index (χ4v) is 2.30. The van der Waals surface area contributed by atoms with Gasteiger partial charge in [0.15, 0.2) is 0 Å². The molecule has 0 aromatic carbocycles. The van der Waals surface area contributed by atoms with Gasteiger partial charge in [0.2, 0.25) is 0 Å². The third kappa shape index (κ3) is 3.12. The molecule has 5 nitrogen and oxygen atoms in total. The molecule has 3 N–H and O–H groups in total. The zero-order chi connectivity index (χ0) is 14.8. The zero-order valence-corrected chi connectivity index (χ0v) is 10.7. The molecule has 1 aromatic heterocycles. The number of carbonyl (C=O) groups is 1. The lowest BCUT2D eigenvalue weighted by molar-refractivity contribution is -0.138. The molecule has 0 bridgehead atoms. The molecule has 1 fully saturated rings. The maximum absolute atomic E-state index is 13.0. The van der Waals surface area contributed by atoms with Crippen molar-refractivity contribution < 1.29 is 18.0 Å². The van der Waals surface area contributed by atoms with Crippen LogP contribution in [0.15, 0.2) is 12.3 Å². The minimum absolute atomic E-state index is 0.0410. The number of rotatable bonds is 3. The van der Waals surface area contributed by atoms with Crippen LogP contribution in [0, 0.1) is 0 Å². The molecule has 1 aliphatic heterocycles. The van der Waals surface area contributed by atoms with E-state index < -0.39 is 17.8 Å². The van der Waals surface area contributed by atoms with E-state index >= 15 is 0 Å². The number of aromatic nitrogens is 1. The second kappa shape index (κ2) is 5.56. The van der Waals surface area contributed by atoms with E-state index in [1.165, 1.54) is 0 Å². The number of amides is 2. The first-order valence-corrected chi connectivity index (χ1v) is 6.23. The van der Waals surface area contributed by atoms with E-state index in [2.05, 4.69) is 10.3 Å². The van der Waals surface area contributed by atoms with Crippen LogP contribution < -0.4 is 16.0 Å². The molecule has 1 aromatic rings. The van der Waals surface area contributed by atoms with Crippen LogP contribution in [0.5, 0.6) is 0 Å². The molecule has 0 unspecified atom stereocenters. The molecule has 2 amide bonds. The molecule has 110 valence electrons. The van der Waals surface area contributed by atoms with Crippen LogP contribution in [-0.4, -0.2) is 24.1 Å². The van der Waals surface area contributed by atoms with Crippen LogP contribution in [0.3, 0.4) is 0 Å². The number of nitrogens with one attached hydrogen (secondary N) is 1. The first-order valence-electron chi connectivity index (χ1n) is 6.23. The Labute approximate surface area is 114 Å². The summed E-state index contributed by atoms with van der Waals surface area (Å²) in [5, 5.41) is 2.21. The molecule has 0 aliphatic carbocycles. The summed E-state index contributed by atoms with van der Waals surface area (Å²) in [6, 6.07) is 0.0479. The second-order valence-electron chi connectivity index (χ2n) is 4.57. The molecular weight excluding hydrogens is 273 g/mol. The van der Waals surface area contributed by atoms with Crippen molar-refractivity contribution in [3.8, 4) is 0 Å². The monoisotopic (exact) mass is 288 g/mol. The molecule has 0 radical (unpaired) electrons. The average Bonchev–Trinajstić information content (AvgIpc) is 2.88. The van der Waals surface area contributed by atoms with Crippen molar-refractivity contribution in [3.05, 3.63) is 23.4 Å². The van der Waals surface area contributed by atoms with Gasteiger partial charge in [0.25, 0.3) is 0 Å². The Morgan fingerprint density at radius 2 is 2.05 bits per heavy atom. The van der Waals surface area contributed by atoms with Crippen LogP contribution >= 0.6 is 0 Å². The van der Waals surface area contributed by atoms with Crippen LogP contribution in [0.1, 0.15) is 24.0 Å². The molecule has 8 heteroatoms. The van der Waals surface area contributed by atoms with Gasteiger partial charge >= 0.3 is 12.2 Å². The largest absolute Gasteiger partial charge is 0.416 e. The van der Waals surface area contributed by atoms with E-state index in [-0.39, 0.29) is 17.9 Å². The van der Waals surface area contributed by atoms with Crippen molar-refractivity contribution in [2.45, 2.75) is 25.6 Å². The molecule has 0 atom stereocenters. The average molecular weight is 288 g/mol. The highest BCUT2D eigenvalue weighted by Gasteiger charge is 2.35. The van der Waals surface area contributed by atoms with E-state index in [1.54, 1.807) is 4.90 Å². The normalized spacial score (nSPS) is 15.4. The SMILES string of the molecule is NC(=O)NCc1c(C(F)(F)F)ccnc1N1CCCC1. The van der Waals surface area contributed by atoms with Crippen molar-refractivity contribution in [2.24, 2.45) is 5.73 Å². The fraction of sp³-hybridized carbons (Fsp3) is 0.500. The number of halogens is 3. The number of urea groups is 1. The van der Waals surface area contributed by atoms with Gasteiger partial charge in [-0.25, -0.2) is 9.78 Å². The van der Waals surface area contributed by atoms with E-state index in [4.69, 9.17) is 5.73 Å². The Morgan fingerprint density at radius 1 is 1.40 bits per heavy atom. The minimum atomic E-state index is -4.49. The van der Waals surface area contributed by atoms with Gasteiger partial charge in [-0.15, -0.1) is 0 Å². The summed E-state index contributed by atoms with van der Waals surface area (Å²) < 4.78 is 39.1. The summed E-state index contributed by atoms with van der Waals surface area (Å²) in [6.45, 7) is 1.04. The Kier molecular flexibility index (Phi) is 4.01. The number of pyridine rings is 1. The smallest absolute Gasteiger partial charge is 0.356 e. The molecule has 20 heavy (non-hydrogen) atoms. The van der Waals surface area contributed by atoms with Crippen LogP contribution in [0.25, 0.3) is 0 Å². The Hall–Kier alpha value is -1.99. The van der Waals surface area contributed by atoms with Crippen LogP contribution in [0.2, 0.25) is 0 Å². The Bertz CT molecular complexity index is 498. The summed E-state index contributed by atoms with van der Waals surface area (Å²) in [7, 11) is 0. The number of carbonyl (C=O) groups excluding carboxylic acids is 1. The van der Waals surface area contributed by atoms with E-state index in [9.17, 15) is 18.0 Å². The van der Waals surface area contributed by atoms with Crippen molar-refractivity contribution in [1.82, 2.24) is 10.3 Å². The molecule has 1 saturated heterocycles. The number of primary amides is 1. The highest BCUT2D eigenvalue weighted by atomic mass is 19.4. The van der Waals surface area contributed by atoms with Crippen molar-refractivity contribution in [3.63, 3.8) is 0 Å². The van der Waals surface area contributed by atoms with E-state index in [1.807, 2.05) is 0 Å². The standard InChI is InChI=1S/C12H15F3N4O/c13-12(14,15)9-3-4-17-10(19-5-1-2-6-19)8(9)7-18-11(16)20/h3-4H,1-2,5-7H2,(H3,16,18,20). The minimum Gasteiger partial charge on any atom is -0.356 e. The van der Waals surface area contributed by atoms with E-state index in [0.717, 1.165) is 25.1 Å². The molecule has 0 spiro atoms. The lowest BCUT2D eigenvalue weighted by Crippen LogP contribution is -2.31. The third-order valence-corrected chi connectivity index (χ3v) is 3.18. The van der Waals surface area contributed by atoms with Crippen molar-refractivity contribution >= 4 is 11.8 Å². The van der Waals surface area contributed by atoms with Crippen LogP contribution in [0.4, 0.5) is 23.8 Å². The Balaban J connectivity index is 2.41. The number of hydrogen-bond acceptors (Lipinski definition) is 3. The van der Waals surface area contributed by atoms with Crippen molar-refractivity contribution in [1.29, 1.82) is 0 Å². The first kappa shape index (κ1) is 14.4. The first-order chi connectivity index (χ1) is 9.39. The molecule has 0 saturated carbocycles. The lowest BCUT2D eigenvalue weighted by Gasteiger charge is -2.23.